The zero-order valence-corrected chi connectivity index (χ0v) is 15.9. The van der Waals surface area contributed by atoms with E-state index in [1.807, 2.05) is 12.1 Å². The second kappa shape index (κ2) is 7.05. The predicted octanol–water partition coefficient (Wildman–Crippen LogP) is 4.13. The highest BCUT2D eigenvalue weighted by Gasteiger charge is 2.15. The highest BCUT2D eigenvalue weighted by molar-refractivity contribution is 7.19. The Hall–Kier alpha value is -2.44. The van der Waals surface area contributed by atoms with Crippen LogP contribution in [0.25, 0.3) is 15.8 Å². The summed E-state index contributed by atoms with van der Waals surface area (Å²) in [5.74, 6) is 0.875. The van der Waals surface area contributed by atoms with Crippen LogP contribution in [0.1, 0.15) is 35.4 Å². The molecule has 1 aliphatic heterocycles. The van der Waals surface area contributed by atoms with Crippen molar-refractivity contribution < 1.29 is 0 Å². The van der Waals surface area contributed by atoms with Crippen LogP contribution in [0.5, 0.6) is 0 Å². The minimum Gasteiger partial charge on any atom is -0.399 e. The summed E-state index contributed by atoms with van der Waals surface area (Å²) in [7, 11) is 0. The fraction of sp³-hybridized carbons (Fsp3) is 0.300. The highest BCUT2D eigenvalue weighted by Crippen LogP contribution is 2.35. The van der Waals surface area contributed by atoms with Gasteiger partial charge in [0.15, 0.2) is 0 Å². The third-order valence-corrected chi connectivity index (χ3v) is 5.80. The summed E-state index contributed by atoms with van der Waals surface area (Å²) in [5, 5.41) is 7.98. The molecule has 0 saturated carbocycles. The standard InChI is InChI=1S/C20H23N5S/c1-12-7-15(9-16(21)8-12)13(2)25-19-17-10-18(14-3-5-22-6-4-14)26-20(17)24-11-23-19/h3,7-11,13,22H,4-6,21H2,1-2H3,(H,23,24,25)/t13-/m1/s1. The maximum Gasteiger partial charge on any atom is 0.138 e. The second-order valence-corrected chi connectivity index (χ2v) is 7.81. The quantitative estimate of drug-likeness (QED) is 0.606. The lowest BCUT2D eigenvalue weighted by Gasteiger charge is -2.16. The molecule has 0 spiro atoms. The molecular weight excluding hydrogens is 342 g/mol. The topological polar surface area (TPSA) is 75.9 Å². The van der Waals surface area contributed by atoms with Crippen LogP contribution in [-0.2, 0) is 0 Å². The number of nitrogens with one attached hydrogen (secondary N) is 2. The van der Waals surface area contributed by atoms with E-state index in [1.54, 1.807) is 17.7 Å². The van der Waals surface area contributed by atoms with E-state index in [-0.39, 0.29) is 6.04 Å². The first-order valence-corrected chi connectivity index (χ1v) is 9.70. The number of hydrogen-bond acceptors (Lipinski definition) is 6. The average molecular weight is 366 g/mol. The van der Waals surface area contributed by atoms with Crippen molar-refractivity contribution in [3.8, 4) is 0 Å². The monoisotopic (exact) mass is 365 g/mol. The van der Waals surface area contributed by atoms with Gasteiger partial charge in [-0.3, -0.25) is 0 Å². The van der Waals surface area contributed by atoms with Gasteiger partial charge in [-0.1, -0.05) is 12.1 Å². The van der Waals surface area contributed by atoms with Crippen LogP contribution in [0.4, 0.5) is 11.5 Å². The zero-order valence-electron chi connectivity index (χ0n) is 15.0. The minimum absolute atomic E-state index is 0.108. The van der Waals surface area contributed by atoms with E-state index in [9.17, 15) is 0 Å². The first-order valence-electron chi connectivity index (χ1n) is 8.88. The predicted molar refractivity (Wildman–Crippen MR) is 111 cm³/mol. The lowest BCUT2D eigenvalue weighted by atomic mass is 10.0. The van der Waals surface area contributed by atoms with Crippen molar-refractivity contribution in [2.45, 2.75) is 26.3 Å². The summed E-state index contributed by atoms with van der Waals surface area (Å²) >= 11 is 1.74. The normalized spacial score (nSPS) is 15.7. The van der Waals surface area contributed by atoms with Crippen LogP contribution in [-0.4, -0.2) is 23.1 Å². The third kappa shape index (κ3) is 3.43. The first kappa shape index (κ1) is 17.0. The summed E-state index contributed by atoms with van der Waals surface area (Å²) in [6.07, 6.45) is 4.97. The molecule has 0 unspecified atom stereocenters. The summed E-state index contributed by atoms with van der Waals surface area (Å²) < 4.78 is 0. The number of aromatic nitrogens is 2. The van der Waals surface area contributed by atoms with Crippen molar-refractivity contribution in [2.75, 3.05) is 24.1 Å². The number of nitrogens with two attached hydrogens (primary N) is 1. The third-order valence-electron chi connectivity index (χ3n) is 4.69. The Labute approximate surface area is 157 Å². The van der Waals surface area contributed by atoms with Gasteiger partial charge in [-0.05, 0) is 61.7 Å². The molecule has 1 aromatic carbocycles. The van der Waals surface area contributed by atoms with E-state index < -0.39 is 0 Å². The lowest BCUT2D eigenvalue weighted by molar-refractivity contribution is 0.739. The van der Waals surface area contributed by atoms with E-state index in [0.29, 0.717) is 0 Å². The van der Waals surface area contributed by atoms with Crippen LogP contribution < -0.4 is 16.4 Å². The maximum absolute atomic E-state index is 6.00. The molecule has 0 aliphatic carbocycles. The molecular formula is C20H23N5S. The second-order valence-electron chi connectivity index (χ2n) is 6.78. The zero-order chi connectivity index (χ0) is 18.1. The fourth-order valence-corrected chi connectivity index (χ4v) is 4.42. The smallest absolute Gasteiger partial charge is 0.138 e. The molecule has 6 heteroatoms. The molecule has 4 N–H and O–H groups in total. The lowest BCUT2D eigenvalue weighted by Crippen LogP contribution is -2.19. The van der Waals surface area contributed by atoms with Crippen LogP contribution in [0.3, 0.4) is 0 Å². The number of thiophene rings is 1. The van der Waals surface area contributed by atoms with Gasteiger partial charge in [0.1, 0.15) is 17.0 Å². The SMILES string of the molecule is Cc1cc(N)cc([C@@H](C)Nc2ncnc3sc(C4=CCNCC4)cc23)c1. The van der Waals surface area contributed by atoms with E-state index >= 15 is 0 Å². The number of rotatable bonds is 4. The Morgan fingerprint density at radius 3 is 2.88 bits per heavy atom. The molecule has 0 fully saturated rings. The first-order chi connectivity index (χ1) is 12.6. The number of hydrogen-bond donors (Lipinski definition) is 3. The van der Waals surface area contributed by atoms with E-state index in [2.05, 4.69) is 52.7 Å². The Balaban J connectivity index is 1.65. The molecule has 134 valence electrons. The molecule has 4 rings (SSSR count). The Morgan fingerprint density at radius 1 is 1.23 bits per heavy atom. The highest BCUT2D eigenvalue weighted by atomic mass is 32.1. The van der Waals surface area contributed by atoms with Crippen molar-refractivity contribution in [3.05, 3.63) is 52.7 Å². The minimum atomic E-state index is 0.108. The average Bonchev–Trinajstić information content (AvgIpc) is 3.07. The summed E-state index contributed by atoms with van der Waals surface area (Å²) in [6, 6.07) is 8.48. The van der Waals surface area contributed by atoms with Gasteiger partial charge >= 0.3 is 0 Å². The number of nitrogens with zero attached hydrogens (tertiary/aromatic N) is 2. The summed E-state index contributed by atoms with van der Waals surface area (Å²) in [4.78, 5) is 11.3. The van der Waals surface area contributed by atoms with Crippen LogP contribution in [0, 0.1) is 6.92 Å². The van der Waals surface area contributed by atoms with Crippen molar-refractivity contribution in [1.82, 2.24) is 15.3 Å². The molecule has 2 aromatic heterocycles. The molecule has 3 heterocycles. The Bertz CT molecular complexity index is 955. The Morgan fingerprint density at radius 2 is 2.12 bits per heavy atom. The van der Waals surface area contributed by atoms with E-state index in [1.165, 1.54) is 10.5 Å². The van der Waals surface area contributed by atoms with Gasteiger partial charge < -0.3 is 16.4 Å². The van der Waals surface area contributed by atoms with Crippen LogP contribution >= 0.6 is 11.3 Å². The van der Waals surface area contributed by atoms with Gasteiger partial charge in [0.05, 0.1) is 11.4 Å². The van der Waals surface area contributed by atoms with Crippen molar-refractivity contribution in [1.29, 1.82) is 0 Å². The number of fused-ring (bicyclic) bond motifs is 1. The van der Waals surface area contributed by atoms with Gasteiger partial charge in [-0.25, -0.2) is 9.97 Å². The number of benzene rings is 1. The van der Waals surface area contributed by atoms with Crippen molar-refractivity contribution in [2.24, 2.45) is 0 Å². The molecule has 0 radical (unpaired) electrons. The van der Waals surface area contributed by atoms with Gasteiger partial charge in [0.25, 0.3) is 0 Å². The van der Waals surface area contributed by atoms with Crippen LogP contribution in [0.2, 0.25) is 0 Å². The van der Waals surface area contributed by atoms with Crippen molar-refractivity contribution >= 4 is 38.6 Å². The molecule has 5 nitrogen and oxygen atoms in total. The van der Waals surface area contributed by atoms with E-state index in [4.69, 9.17) is 5.73 Å². The molecule has 26 heavy (non-hydrogen) atoms. The van der Waals surface area contributed by atoms with Gasteiger partial charge in [-0.15, -0.1) is 11.3 Å². The number of anilines is 2. The largest absolute Gasteiger partial charge is 0.399 e. The molecule has 0 saturated heterocycles. The van der Waals surface area contributed by atoms with Gasteiger partial charge in [0.2, 0.25) is 0 Å². The summed E-state index contributed by atoms with van der Waals surface area (Å²) in [6.45, 7) is 6.16. The summed E-state index contributed by atoms with van der Waals surface area (Å²) in [5.41, 5.74) is 10.5. The number of aryl methyl sites for hydroxylation is 1. The molecule has 1 atom stereocenters. The fourth-order valence-electron chi connectivity index (χ4n) is 3.36. The molecule has 0 bridgehead atoms. The van der Waals surface area contributed by atoms with Gasteiger partial charge in [0, 0.05) is 17.1 Å². The maximum atomic E-state index is 6.00. The molecule has 3 aromatic rings. The van der Waals surface area contributed by atoms with E-state index in [0.717, 1.165) is 52.4 Å². The Kier molecular flexibility index (Phi) is 4.61. The molecule has 1 aliphatic rings. The molecule has 0 amide bonds. The van der Waals surface area contributed by atoms with Gasteiger partial charge in [-0.2, -0.15) is 0 Å². The number of nitrogen functional groups attached to an aromatic ring is 1. The van der Waals surface area contributed by atoms with Crippen molar-refractivity contribution in [3.63, 3.8) is 0 Å². The van der Waals surface area contributed by atoms with Crippen LogP contribution in [0.15, 0.2) is 36.7 Å².